The van der Waals surface area contributed by atoms with Crippen molar-refractivity contribution in [1.82, 2.24) is 15.8 Å². The van der Waals surface area contributed by atoms with Gasteiger partial charge in [-0.1, -0.05) is 152 Å². The van der Waals surface area contributed by atoms with E-state index in [9.17, 15) is 4.79 Å². The van der Waals surface area contributed by atoms with E-state index in [0.717, 1.165) is 32.2 Å². The van der Waals surface area contributed by atoms with Gasteiger partial charge in [0.1, 0.15) is 0 Å². The second kappa shape index (κ2) is 37.8. The van der Waals surface area contributed by atoms with Crippen LogP contribution in [0.3, 0.4) is 0 Å². The first kappa shape index (κ1) is 44.4. The summed E-state index contributed by atoms with van der Waals surface area (Å²) in [6, 6.07) is 0.389. The molecule has 0 heterocycles. The number of hydrogen-bond acceptors (Lipinski definition) is 3. The highest BCUT2D eigenvalue weighted by molar-refractivity contribution is 5.75. The van der Waals surface area contributed by atoms with Gasteiger partial charge in [0.25, 0.3) is 0 Å². The van der Waals surface area contributed by atoms with E-state index in [-0.39, 0.29) is 5.91 Å². The molecule has 0 aromatic heterocycles. The molecular formula is C42H79N3O. The number of carbonyl (C=O) groups is 1. The number of unbranched alkanes of at least 4 members (excludes halogenated alkanes) is 18. The van der Waals surface area contributed by atoms with Gasteiger partial charge in [-0.2, -0.15) is 0 Å². The lowest BCUT2D eigenvalue weighted by molar-refractivity contribution is -0.122. The zero-order valence-corrected chi connectivity index (χ0v) is 31.4. The number of amides is 1. The molecule has 0 saturated heterocycles. The van der Waals surface area contributed by atoms with Crippen molar-refractivity contribution < 1.29 is 4.79 Å². The average Bonchev–Trinajstić information content (AvgIpc) is 3.05. The monoisotopic (exact) mass is 642 g/mol. The van der Waals surface area contributed by atoms with E-state index in [2.05, 4.69) is 78.2 Å². The standard InChI is InChI=1S/C42H79N3O/c1-5-7-9-11-13-15-17-19-21-23-25-27-29-31-33-35-37-41(43-44-42(46)39-40-45(3)4)38-36-34-32-30-28-26-24-22-20-18-16-14-12-10-8-6-2/h13-16,19-22,41,43H,5-12,17-18,23-40H2,1-4H3,(H,44,46)/b15-13-,16-14-,21-19-,22-20-. The largest absolute Gasteiger partial charge is 0.309 e. The van der Waals surface area contributed by atoms with Gasteiger partial charge in [-0.25, -0.2) is 5.43 Å². The molecule has 0 aromatic rings. The normalized spacial score (nSPS) is 12.4. The molecule has 0 radical (unpaired) electrons. The maximum absolute atomic E-state index is 12.3. The van der Waals surface area contributed by atoms with Crippen LogP contribution in [0.1, 0.15) is 187 Å². The zero-order valence-electron chi connectivity index (χ0n) is 31.4. The van der Waals surface area contributed by atoms with Gasteiger partial charge in [0.2, 0.25) is 5.91 Å². The van der Waals surface area contributed by atoms with Crippen LogP contribution < -0.4 is 10.9 Å². The van der Waals surface area contributed by atoms with Crippen molar-refractivity contribution in [1.29, 1.82) is 0 Å². The lowest BCUT2D eigenvalue weighted by atomic mass is 10.00. The summed E-state index contributed by atoms with van der Waals surface area (Å²) in [6.07, 6.45) is 52.4. The van der Waals surface area contributed by atoms with Crippen molar-refractivity contribution in [2.45, 2.75) is 193 Å². The summed E-state index contributed by atoms with van der Waals surface area (Å²) in [7, 11) is 4.03. The molecule has 0 saturated carbocycles. The van der Waals surface area contributed by atoms with Crippen molar-refractivity contribution in [3.05, 3.63) is 48.6 Å². The molecule has 0 aliphatic rings. The molecule has 0 unspecified atom stereocenters. The number of hydrazine groups is 1. The summed E-state index contributed by atoms with van der Waals surface area (Å²) < 4.78 is 0. The maximum Gasteiger partial charge on any atom is 0.235 e. The van der Waals surface area contributed by atoms with E-state index in [1.165, 1.54) is 141 Å². The Balaban J connectivity index is 4.00. The molecule has 0 atom stereocenters. The summed E-state index contributed by atoms with van der Waals surface area (Å²) in [5.41, 5.74) is 6.42. The Bertz CT molecular complexity index is 691. The number of allylic oxidation sites excluding steroid dienone is 8. The predicted octanol–water partition coefficient (Wildman–Crippen LogP) is 12.3. The van der Waals surface area contributed by atoms with Crippen molar-refractivity contribution in [2.75, 3.05) is 20.6 Å². The summed E-state index contributed by atoms with van der Waals surface area (Å²) in [6.45, 7) is 5.31. The molecular weight excluding hydrogens is 562 g/mol. The minimum Gasteiger partial charge on any atom is -0.309 e. The van der Waals surface area contributed by atoms with E-state index >= 15 is 0 Å². The molecule has 0 aliphatic carbocycles. The van der Waals surface area contributed by atoms with Crippen molar-refractivity contribution in [3.8, 4) is 0 Å². The molecule has 0 fully saturated rings. The van der Waals surface area contributed by atoms with Crippen LogP contribution in [-0.2, 0) is 4.79 Å². The van der Waals surface area contributed by atoms with Crippen molar-refractivity contribution >= 4 is 5.91 Å². The Morgan fingerprint density at radius 3 is 1.28 bits per heavy atom. The smallest absolute Gasteiger partial charge is 0.235 e. The SMILES string of the molecule is CCCCC/C=C\C/C=C\CCCCCCCCC(CCCCCCCC/C=C\C/C=C\CCCCC)NNC(=O)CCN(C)C. The fourth-order valence-electron chi connectivity index (χ4n) is 5.62. The van der Waals surface area contributed by atoms with Crippen molar-refractivity contribution in [3.63, 3.8) is 0 Å². The average molecular weight is 642 g/mol. The molecule has 4 nitrogen and oxygen atoms in total. The Labute approximate surface area is 288 Å². The molecule has 1 amide bonds. The van der Waals surface area contributed by atoms with Crippen LogP contribution in [0, 0.1) is 0 Å². The molecule has 0 rings (SSSR count). The predicted molar refractivity (Wildman–Crippen MR) is 206 cm³/mol. The number of carbonyl (C=O) groups excluding carboxylic acids is 1. The third-order valence-electron chi connectivity index (χ3n) is 8.71. The minimum absolute atomic E-state index is 0.104. The Hall–Kier alpha value is -1.65. The first-order valence-electron chi connectivity index (χ1n) is 19.9. The molecule has 0 aliphatic heterocycles. The van der Waals surface area contributed by atoms with Crippen molar-refractivity contribution in [2.24, 2.45) is 0 Å². The third-order valence-corrected chi connectivity index (χ3v) is 8.71. The molecule has 4 heteroatoms. The van der Waals surface area contributed by atoms with Gasteiger partial charge >= 0.3 is 0 Å². The van der Waals surface area contributed by atoms with Crippen LogP contribution in [0.4, 0.5) is 0 Å². The third kappa shape index (κ3) is 36.8. The second-order valence-corrected chi connectivity index (χ2v) is 13.7. The minimum atomic E-state index is 0.104. The number of rotatable bonds is 35. The fourth-order valence-corrected chi connectivity index (χ4v) is 5.62. The first-order chi connectivity index (χ1) is 22.6. The second-order valence-electron chi connectivity index (χ2n) is 13.7. The number of nitrogens with one attached hydrogen (secondary N) is 2. The molecule has 0 bridgehead atoms. The van der Waals surface area contributed by atoms with Crippen LogP contribution >= 0.6 is 0 Å². The van der Waals surface area contributed by atoms with Gasteiger partial charge in [0, 0.05) is 19.0 Å². The zero-order chi connectivity index (χ0) is 33.6. The molecule has 2 N–H and O–H groups in total. The summed E-state index contributed by atoms with van der Waals surface area (Å²) >= 11 is 0. The van der Waals surface area contributed by atoms with E-state index in [4.69, 9.17) is 0 Å². The highest BCUT2D eigenvalue weighted by atomic mass is 16.2. The number of nitrogens with zero attached hydrogens (tertiary/aromatic N) is 1. The Kier molecular flexibility index (Phi) is 36.4. The van der Waals surface area contributed by atoms with Gasteiger partial charge < -0.3 is 4.90 Å². The summed E-state index contributed by atoms with van der Waals surface area (Å²) in [5.74, 6) is 0.104. The molecule has 46 heavy (non-hydrogen) atoms. The van der Waals surface area contributed by atoms with E-state index in [1.54, 1.807) is 0 Å². The quantitative estimate of drug-likeness (QED) is 0.0411. The van der Waals surface area contributed by atoms with Crippen LogP contribution in [0.5, 0.6) is 0 Å². The lowest BCUT2D eigenvalue weighted by Gasteiger charge is -2.20. The molecule has 0 aromatic carbocycles. The van der Waals surface area contributed by atoms with Gasteiger partial charge in [0.15, 0.2) is 0 Å². The van der Waals surface area contributed by atoms with E-state index < -0.39 is 0 Å². The van der Waals surface area contributed by atoms with Crippen LogP contribution in [-0.4, -0.2) is 37.5 Å². The highest BCUT2D eigenvalue weighted by Crippen LogP contribution is 2.15. The van der Waals surface area contributed by atoms with E-state index in [1.807, 2.05) is 14.1 Å². The Morgan fingerprint density at radius 2 is 0.891 bits per heavy atom. The first-order valence-corrected chi connectivity index (χ1v) is 19.9. The van der Waals surface area contributed by atoms with Gasteiger partial charge in [-0.05, 0) is 91.1 Å². The highest BCUT2D eigenvalue weighted by Gasteiger charge is 2.10. The van der Waals surface area contributed by atoms with Gasteiger partial charge in [-0.15, -0.1) is 0 Å². The molecule has 0 spiro atoms. The molecule has 268 valence electrons. The van der Waals surface area contributed by atoms with Gasteiger partial charge in [0.05, 0.1) is 0 Å². The van der Waals surface area contributed by atoms with Crippen LogP contribution in [0.25, 0.3) is 0 Å². The van der Waals surface area contributed by atoms with Crippen LogP contribution in [0.15, 0.2) is 48.6 Å². The Morgan fingerprint density at radius 1 is 0.522 bits per heavy atom. The van der Waals surface area contributed by atoms with Crippen LogP contribution in [0.2, 0.25) is 0 Å². The maximum atomic E-state index is 12.3. The fraction of sp³-hybridized carbons (Fsp3) is 0.786. The topological polar surface area (TPSA) is 44.4 Å². The number of hydrogen-bond donors (Lipinski definition) is 2. The van der Waals surface area contributed by atoms with Gasteiger partial charge in [-0.3, -0.25) is 10.2 Å². The summed E-state index contributed by atoms with van der Waals surface area (Å²) in [4.78, 5) is 14.3. The lowest BCUT2D eigenvalue weighted by Crippen LogP contribution is -2.45. The van der Waals surface area contributed by atoms with E-state index in [0.29, 0.717) is 12.5 Å². The summed E-state index contributed by atoms with van der Waals surface area (Å²) in [5, 5.41) is 0.